The molecule has 2 aromatic rings. The molecule has 1 aromatic carbocycles. The van der Waals surface area contributed by atoms with Crippen LogP contribution in [0.3, 0.4) is 0 Å². The van der Waals surface area contributed by atoms with E-state index in [1.54, 1.807) is 0 Å². The first-order valence-corrected chi connectivity index (χ1v) is 8.37. The predicted octanol–water partition coefficient (Wildman–Crippen LogP) is 2.57. The van der Waals surface area contributed by atoms with E-state index in [2.05, 4.69) is 68.1 Å². The van der Waals surface area contributed by atoms with Gasteiger partial charge in [0, 0.05) is 28.3 Å². The third-order valence-corrected chi connectivity index (χ3v) is 5.54. The lowest BCUT2D eigenvalue weighted by Crippen LogP contribution is -2.41. The molecule has 0 aliphatic carbocycles. The van der Waals surface area contributed by atoms with Crippen molar-refractivity contribution in [2.24, 2.45) is 0 Å². The molecule has 3 rings (SSSR count). The molecule has 21 heavy (non-hydrogen) atoms. The Morgan fingerprint density at radius 3 is 2.81 bits per heavy atom. The van der Waals surface area contributed by atoms with E-state index in [1.165, 1.54) is 9.13 Å². The lowest BCUT2D eigenvalue weighted by Gasteiger charge is -2.30. The first-order valence-electron chi connectivity index (χ1n) is 7.29. The molecule has 5 nitrogen and oxygen atoms in total. The number of anilines is 1. The van der Waals surface area contributed by atoms with E-state index in [4.69, 9.17) is 4.98 Å². The average molecular weight is 397 g/mol. The molecule has 0 spiro atoms. The minimum atomic E-state index is 0.623. The van der Waals surface area contributed by atoms with E-state index in [9.17, 15) is 0 Å². The van der Waals surface area contributed by atoms with E-state index in [-0.39, 0.29) is 0 Å². The molecule has 0 radical (unpaired) electrons. The molecule has 0 bridgehead atoms. The zero-order valence-electron chi connectivity index (χ0n) is 12.4. The Hall–Kier alpha value is -1.15. The van der Waals surface area contributed by atoms with Crippen LogP contribution in [0.1, 0.15) is 18.4 Å². The summed E-state index contributed by atoms with van der Waals surface area (Å²) in [6.07, 6.45) is 2.28. The van der Waals surface area contributed by atoms with E-state index < -0.39 is 0 Å². The molecular formula is C15H20IN5. The summed E-state index contributed by atoms with van der Waals surface area (Å²) in [6.45, 7) is 4.13. The maximum Gasteiger partial charge on any atom is 0.245 e. The van der Waals surface area contributed by atoms with Gasteiger partial charge in [-0.05, 0) is 55.0 Å². The van der Waals surface area contributed by atoms with Crippen LogP contribution in [0.4, 0.5) is 5.95 Å². The van der Waals surface area contributed by atoms with Gasteiger partial charge in [0.25, 0.3) is 0 Å². The van der Waals surface area contributed by atoms with Gasteiger partial charge in [-0.1, -0.05) is 18.2 Å². The summed E-state index contributed by atoms with van der Waals surface area (Å²) in [5.41, 5.74) is 2.39. The van der Waals surface area contributed by atoms with Gasteiger partial charge in [0.1, 0.15) is 0 Å². The molecule has 1 aliphatic rings. The molecule has 1 aliphatic heterocycles. The lowest BCUT2D eigenvalue weighted by atomic mass is 10.1. The number of nitrogens with one attached hydrogen (secondary N) is 2. The molecule has 1 aromatic heterocycles. The molecule has 2 heterocycles. The van der Waals surface area contributed by atoms with E-state index in [0.29, 0.717) is 6.04 Å². The Morgan fingerprint density at radius 2 is 2.10 bits per heavy atom. The van der Waals surface area contributed by atoms with E-state index >= 15 is 0 Å². The van der Waals surface area contributed by atoms with Crippen molar-refractivity contribution in [1.82, 2.24) is 20.5 Å². The first kappa shape index (κ1) is 14.8. The number of benzene rings is 1. The van der Waals surface area contributed by atoms with Crippen LogP contribution >= 0.6 is 22.6 Å². The normalized spacial score (nSPS) is 16.4. The monoisotopic (exact) mass is 397 g/mol. The standard InChI is InChI=1S/C15H20IN5/c1-10-4-3-5-12(13(10)16)14-18-15(20-19-14)21-8-6-11(17-2)7-9-21/h3-5,11,17H,6-9H2,1-2H3,(H,18,19,20). The number of nitrogens with zero attached hydrogens (tertiary/aromatic N) is 3. The molecule has 0 atom stereocenters. The predicted molar refractivity (Wildman–Crippen MR) is 93.6 cm³/mol. The maximum absolute atomic E-state index is 4.69. The van der Waals surface area contributed by atoms with Gasteiger partial charge in [0.05, 0.1) is 0 Å². The van der Waals surface area contributed by atoms with Crippen molar-refractivity contribution in [1.29, 1.82) is 0 Å². The number of rotatable bonds is 3. The van der Waals surface area contributed by atoms with Crippen LogP contribution in [0.2, 0.25) is 0 Å². The highest BCUT2D eigenvalue weighted by Crippen LogP contribution is 2.26. The van der Waals surface area contributed by atoms with Crippen molar-refractivity contribution in [3.8, 4) is 11.4 Å². The number of aryl methyl sites for hydroxylation is 1. The smallest absolute Gasteiger partial charge is 0.245 e. The van der Waals surface area contributed by atoms with Crippen LogP contribution in [-0.4, -0.2) is 41.4 Å². The van der Waals surface area contributed by atoms with Gasteiger partial charge >= 0.3 is 0 Å². The van der Waals surface area contributed by atoms with E-state index in [1.807, 2.05) is 7.05 Å². The number of hydrogen-bond donors (Lipinski definition) is 2. The summed E-state index contributed by atoms with van der Waals surface area (Å²) < 4.78 is 1.23. The summed E-state index contributed by atoms with van der Waals surface area (Å²) in [5.74, 6) is 1.67. The fraction of sp³-hybridized carbons (Fsp3) is 0.467. The summed E-state index contributed by atoms with van der Waals surface area (Å²) in [7, 11) is 2.03. The summed E-state index contributed by atoms with van der Waals surface area (Å²) in [6, 6.07) is 6.89. The van der Waals surface area contributed by atoms with Crippen molar-refractivity contribution in [3.05, 3.63) is 27.3 Å². The number of aromatic amines is 1. The fourth-order valence-electron chi connectivity index (χ4n) is 2.71. The third kappa shape index (κ3) is 3.06. The zero-order chi connectivity index (χ0) is 14.8. The highest BCUT2D eigenvalue weighted by molar-refractivity contribution is 14.1. The van der Waals surface area contributed by atoms with Gasteiger partial charge in [-0.25, -0.2) is 0 Å². The Labute approximate surface area is 138 Å². The molecular weight excluding hydrogens is 377 g/mol. The second-order valence-electron chi connectivity index (χ2n) is 5.47. The van der Waals surface area contributed by atoms with Crippen LogP contribution in [0.15, 0.2) is 18.2 Å². The van der Waals surface area contributed by atoms with Crippen molar-refractivity contribution in [2.45, 2.75) is 25.8 Å². The van der Waals surface area contributed by atoms with Crippen molar-refractivity contribution < 1.29 is 0 Å². The zero-order valence-corrected chi connectivity index (χ0v) is 14.5. The van der Waals surface area contributed by atoms with Crippen LogP contribution < -0.4 is 10.2 Å². The third-order valence-electron chi connectivity index (χ3n) is 4.11. The van der Waals surface area contributed by atoms with Gasteiger partial charge in [0.2, 0.25) is 5.95 Å². The summed E-state index contributed by atoms with van der Waals surface area (Å²) >= 11 is 2.37. The Morgan fingerprint density at radius 1 is 1.33 bits per heavy atom. The van der Waals surface area contributed by atoms with Crippen LogP contribution in [0.5, 0.6) is 0 Å². The number of hydrogen-bond acceptors (Lipinski definition) is 4. The average Bonchev–Trinajstić information content (AvgIpc) is 3.00. The molecule has 0 amide bonds. The Kier molecular flexibility index (Phi) is 4.44. The highest BCUT2D eigenvalue weighted by Gasteiger charge is 2.21. The van der Waals surface area contributed by atoms with Gasteiger partial charge < -0.3 is 10.2 Å². The minimum Gasteiger partial charge on any atom is -0.339 e. The van der Waals surface area contributed by atoms with E-state index in [0.717, 1.165) is 43.3 Å². The summed E-state index contributed by atoms with van der Waals surface area (Å²) in [5, 5.41) is 10.8. The highest BCUT2D eigenvalue weighted by atomic mass is 127. The van der Waals surface area contributed by atoms with Gasteiger partial charge in [-0.2, -0.15) is 4.98 Å². The van der Waals surface area contributed by atoms with Crippen molar-refractivity contribution >= 4 is 28.5 Å². The molecule has 2 N–H and O–H groups in total. The summed E-state index contributed by atoms with van der Waals surface area (Å²) in [4.78, 5) is 6.95. The minimum absolute atomic E-state index is 0.623. The molecule has 112 valence electrons. The SMILES string of the molecule is CNC1CCN(c2n[nH]c(-c3cccc(C)c3I)n2)CC1. The van der Waals surface area contributed by atoms with Crippen LogP contribution in [0.25, 0.3) is 11.4 Å². The lowest BCUT2D eigenvalue weighted by molar-refractivity contribution is 0.439. The van der Waals surface area contributed by atoms with Crippen LogP contribution in [-0.2, 0) is 0 Å². The topological polar surface area (TPSA) is 56.8 Å². The first-order chi connectivity index (χ1) is 10.2. The number of H-pyrrole nitrogens is 1. The fourth-order valence-corrected chi connectivity index (χ4v) is 3.33. The quantitative estimate of drug-likeness (QED) is 0.782. The van der Waals surface area contributed by atoms with Gasteiger partial charge in [-0.15, -0.1) is 5.10 Å². The number of piperidine rings is 1. The number of halogens is 1. The maximum atomic E-state index is 4.69. The molecule has 1 saturated heterocycles. The second kappa shape index (κ2) is 6.31. The second-order valence-corrected chi connectivity index (χ2v) is 6.55. The largest absolute Gasteiger partial charge is 0.339 e. The Balaban J connectivity index is 1.79. The Bertz CT molecular complexity index is 616. The van der Waals surface area contributed by atoms with Gasteiger partial charge in [0.15, 0.2) is 5.82 Å². The molecule has 0 unspecified atom stereocenters. The van der Waals surface area contributed by atoms with Crippen LogP contribution in [0, 0.1) is 10.5 Å². The van der Waals surface area contributed by atoms with Crippen molar-refractivity contribution in [2.75, 3.05) is 25.0 Å². The molecule has 0 saturated carbocycles. The van der Waals surface area contributed by atoms with Gasteiger partial charge in [-0.3, -0.25) is 5.10 Å². The molecule has 1 fully saturated rings. The number of aromatic nitrogens is 3. The van der Waals surface area contributed by atoms with Crippen molar-refractivity contribution in [3.63, 3.8) is 0 Å². The molecule has 6 heteroatoms.